The molecule has 110 valence electrons. The van der Waals surface area contributed by atoms with Crippen LogP contribution in [0, 0.1) is 5.92 Å². The Bertz CT molecular complexity index is 512. The third-order valence-corrected chi connectivity index (χ3v) is 3.88. The number of ether oxygens (including phenoxy) is 1. The van der Waals surface area contributed by atoms with Crippen LogP contribution in [0.2, 0.25) is 0 Å². The van der Waals surface area contributed by atoms with E-state index >= 15 is 0 Å². The van der Waals surface area contributed by atoms with Crippen LogP contribution in [-0.2, 0) is 11.3 Å². The second kappa shape index (κ2) is 5.93. The number of nitrogens with zero attached hydrogens (tertiary/aromatic N) is 3. The van der Waals surface area contributed by atoms with E-state index in [1.54, 1.807) is 12.3 Å². The van der Waals surface area contributed by atoms with Gasteiger partial charge in [-0.15, -0.1) is 0 Å². The van der Waals surface area contributed by atoms with Crippen LogP contribution in [-0.4, -0.2) is 54.1 Å². The van der Waals surface area contributed by atoms with Gasteiger partial charge < -0.3 is 15.0 Å². The molecule has 0 spiro atoms. The molecule has 1 unspecified atom stereocenters. The maximum atomic E-state index is 12.0. The summed E-state index contributed by atoms with van der Waals surface area (Å²) in [5, 5.41) is 7.51. The predicted molar refractivity (Wildman–Crippen MR) is 76.9 cm³/mol. The van der Waals surface area contributed by atoms with Crippen LogP contribution in [0.5, 0.6) is 0 Å². The second-order valence-corrected chi connectivity index (χ2v) is 5.84. The number of hydrogen-bond donors (Lipinski definition) is 1. The number of nitrogens with one attached hydrogen (secondary N) is 1. The van der Waals surface area contributed by atoms with E-state index in [2.05, 4.69) is 22.4 Å². The van der Waals surface area contributed by atoms with Crippen molar-refractivity contribution in [3.63, 3.8) is 0 Å². The Hall–Kier alpha value is -1.40. The molecule has 1 aromatic heterocycles. The molecule has 1 aliphatic carbocycles. The van der Waals surface area contributed by atoms with Crippen molar-refractivity contribution in [2.75, 3.05) is 38.6 Å². The zero-order valence-corrected chi connectivity index (χ0v) is 11.9. The van der Waals surface area contributed by atoms with Crippen molar-refractivity contribution in [1.82, 2.24) is 14.7 Å². The van der Waals surface area contributed by atoms with Crippen LogP contribution in [0.4, 0.5) is 5.69 Å². The molecule has 1 aromatic rings. The van der Waals surface area contributed by atoms with Gasteiger partial charge in [-0.05, 0) is 25.8 Å². The molecule has 1 N–H and O–H groups in total. The van der Waals surface area contributed by atoms with Gasteiger partial charge >= 0.3 is 0 Å². The zero-order chi connectivity index (χ0) is 13.9. The Balaban J connectivity index is 1.59. The molecule has 1 atom stereocenters. The maximum absolute atomic E-state index is 12.0. The summed E-state index contributed by atoms with van der Waals surface area (Å²) in [4.78, 5) is 14.3. The fourth-order valence-electron chi connectivity index (χ4n) is 2.42. The van der Waals surface area contributed by atoms with Crippen molar-refractivity contribution >= 4 is 5.69 Å². The first kappa shape index (κ1) is 13.6. The van der Waals surface area contributed by atoms with Gasteiger partial charge in [0.1, 0.15) is 0 Å². The summed E-state index contributed by atoms with van der Waals surface area (Å²) >= 11 is 0. The standard InChI is InChI=1S/C14H22N4O2/c1-17-4-5-20-13(9-17)10-18-14(19)6-12(8-16-18)15-7-11-2-3-11/h6,8,11,13,15H,2-5,7,9-10H2,1H3. The Morgan fingerprint density at radius 1 is 1.50 bits per heavy atom. The minimum absolute atomic E-state index is 0.0456. The van der Waals surface area contributed by atoms with Crippen molar-refractivity contribution in [2.45, 2.75) is 25.5 Å². The lowest BCUT2D eigenvalue weighted by Crippen LogP contribution is -2.43. The minimum Gasteiger partial charge on any atom is -0.383 e. The number of aromatic nitrogens is 2. The highest BCUT2D eigenvalue weighted by molar-refractivity contribution is 5.38. The van der Waals surface area contributed by atoms with Crippen LogP contribution in [0.25, 0.3) is 0 Å². The zero-order valence-electron chi connectivity index (χ0n) is 11.9. The fraction of sp³-hybridized carbons (Fsp3) is 0.714. The Kier molecular flexibility index (Phi) is 4.03. The lowest BCUT2D eigenvalue weighted by atomic mass is 10.3. The maximum Gasteiger partial charge on any atom is 0.268 e. The number of rotatable bonds is 5. The summed E-state index contributed by atoms with van der Waals surface area (Å²) in [5.41, 5.74) is 0.752. The SMILES string of the molecule is CN1CCOC(Cn2ncc(NCC3CC3)cc2=O)C1. The van der Waals surface area contributed by atoms with Gasteiger partial charge in [-0.25, -0.2) is 4.68 Å². The van der Waals surface area contributed by atoms with Gasteiger partial charge in [0.2, 0.25) is 0 Å². The normalized spacial score (nSPS) is 23.8. The smallest absolute Gasteiger partial charge is 0.268 e. The highest BCUT2D eigenvalue weighted by Gasteiger charge is 2.21. The third-order valence-electron chi connectivity index (χ3n) is 3.88. The lowest BCUT2D eigenvalue weighted by Gasteiger charge is -2.29. The van der Waals surface area contributed by atoms with Gasteiger partial charge in [-0.2, -0.15) is 5.10 Å². The van der Waals surface area contributed by atoms with Crippen molar-refractivity contribution < 1.29 is 4.74 Å². The molecule has 2 heterocycles. The first-order chi connectivity index (χ1) is 9.70. The molecule has 0 bridgehead atoms. The van der Waals surface area contributed by atoms with Crippen molar-refractivity contribution in [2.24, 2.45) is 5.92 Å². The summed E-state index contributed by atoms with van der Waals surface area (Å²) in [6, 6.07) is 1.63. The van der Waals surface area contributed by atoms with Gasteiger partial charge in [0.05, 0.1) is 31.1 Å². The molecule has 20 heavy (non-hydrogen) atoms. The summed E-state index contributed by atoms with van der Waals surface area (Å²) < 4.78 is 7.16. The van der Waals surface area contributed by atoms with Crippen molar-refractivity contribution in [3.8, 4) is 0 Å². The van der Waals surface area contributed by atoms with E-state index in [4.69, 9.17) is 4.74 Å². The van der Waals surface area contributed by atoms with Crippen LogP contribution in [0.1, 0.15) is 12.8 Å². The van der Waals surface area contributed by atoms with Gasteiger partial charge in [0, 0.05) is 25.7 Å². The highest BCUT2D eigenvalue weighted by atomic mass is 16.5. The van der Waals surface area contributed by atoms with E-state index in [-0.39, 0.29) is 11.7 Å². The van der Waals surface area contributed by atoms with E-state index in [0.717, 1.165) is 37.8 Å². The van der Waals surface area contributed by atoms with Crippen LogP contribution < -0.4 is 10.9 Å². The summed E-state index contributed by atoms with van der Waals surface area (Å²) in [6.45, 7) is 3.98. The molecular formula is C14H22N4O2. The molecule has 0 amide bonds. The molecule has 2 fully saturated rings. The monoisotopic (exact) mass is 278 g/mol. The Morgan fingerprint density at radius 2 is 2.35 bits per heavy atom. The van der Waals surface area contributed by atoms with Crippen LogP contribution in [0.15, 0.2) is 17.1 Å². The van der Waals surface area contributed by atoms with Crippen LogP contribution >= 0.6 is 0 Å². The van der Waals surface area contributed by atoms with Gasteiger partial charge in [0.15, 0.2) is 0 Å². The first-order valence-electron chi connectivity index (χ1n) is 7.32. The van der Waals surface area contributed by atoms with Crippen molar-refractivity contribution in [3.05, 3.63) is 22.6 Å². The van der Waals surface area contributed by atoms with E-state index in [0.29, 0.717) is 6.54 Å². The number of anilines is 1. The quantitative estimate of drug-likeness (QED) is 0.844. The molecule has 3 rings (SSSR count). The third kappa shape index (κ3) is 3.58. The first-order valence-corrected chi connectivity index (χ1v) is 7.32. The summed E-state index contributed by atoms with van der Waals surface area (Å²) in [7, 11) is 2.07. The van der Waals surface area contributed by atoms with Gasteiger partial charge in [-0.1, -0.05) is 0 Å². The lowest BCUT2D eigenvalue weighted by molar-refractivity contribution is -0.0296. The summed E-state index contributed by atoms with van der Waals surface area (Å²) in [6.07, 6.45) is 4.37. The molecule has 2 aliphatic rings. The van der Waals surface area contributed by atoms with E-state index in [9.17, 15) is 4.79 Å². The Morgan fingerprint density at radius 3 is 3.05 bits per heavy atom. The number of morpholine rings is 1. The van der Waals surface area contributed by atoms with Gasteiger partial charge in [-0.3, -0.25) is 4.79 Å². The summed E-state index contributed by atoms with van der Waals surface area (Å²) in [5.74, 6) is 0.781. The van der Waals surface area contributed by atoms with E-state index < -0.39 is 0 Å². The van der Waals surface area contributed by atoms with E-state index in [1.807, 2.05) is 0 Å². The molecule has 6 heteroatoms. The molecule has 1 aliphatic heterocycles. The van der Waals surface area contributed by atoms with Crippen LogP contribution in [0.3, 0.4) is 0 Å². The Labute approximate surface area is 118 Å². The molecule has 0 radical (unpaired) electrons. The average Bonchev–Trinajstić information content (AvgIpc) is 3.23. The van der Waals surface area contributed by atoms with Gasteiger partial charge in [0.25, 0.3) is 5.56 Å². The molecule has 1 saturated carbocycles. The highest BCUT2D eigenvalue weighted by Crippen LogP contribution is 2.28. The minimum atomic E-state index is -0.0670. The number of hydrogen-bond acceptors (Lipinski definition) is 5. The van der Waals surface area contributed by atoms with E-state index in [1.165, 1.54) is 17.5 Å². The molecular weight excluding hydrogens is 256 g/mol. The largest absolute Gasteiger partial charge is 0.383 e. The average molecular weight is 278 g/mol. The van der Waals surface area contributed by atoms with Crippen molar-refractivity contribution in [1.29, 1.82) is 0 Å². The fourth-order valence-corrected chi connectivity index (χ4v) is 2.42. The predicted octanol–water partition coefficient (Wildman–Crippen LogP) is 0.396. The molecule has 6 nitrogen and oxygen atoms in total. The topological polar surface area (TPSA) is 59.4 Å². The molecule has 1 saturated heterocycles. The second-order valence-electron chi connectivity index (χ2n) is 5.84. The number of likely N-dealkylation sites (N-methyl/N-ethyl adjacent to an activating group) is 1. The molecule has 0 aromatic carbocycles.